The molecular weight excluding hydrogens is 180 g/mol. The van der Waals surface area contributed by atoms with Gasteiger partial charge in [-0.05, 0) is 0 Å². The minimum Gasteiger partial charge on any atom is -0.468 e. The van der Waals surface area contributed by atoms with Crippen LogP contribution >= 0.6 is 0 Å². The van der Waals surface area contributed by atoms with Gasteiger partial charge >= 0.3 is 11.8 Å². The fourth-order valence-corrected chi connectivity index (χ4v) is 0.896. The molecule has 1 unspecified atom stereocenters. The summed E-state index contributed by atoms with van der Waals surface area (Å²) in [4.78, 5) is 41.7. The van der Waals surface area contributed by atoms with Gasteiger partial charge in [0.2, 0.25) is 0 Å². The first-order valence-electron chi connectivity index (χ1n) is 3.51. The van der Waals surface area contributed by atoms with Crippen molar-refractivity contribution in [1.82, 2.24) is 0 Å². The highest BCUT2D eigenvalue weighted by atomic mass is 16.6. The molecule has 0 bridgehead atoms. The summed E-state index contributed by atoms with van der Waals surface area (Å²) in [6, 6.07) is 0. The molecule has 1 fully saturated rings. The molecule has 1 atom stereocenters. The molecule has 6 nitrogen and oxygen atoms in total. The molecule has 1 heterocycles. The molecule has 1 saturated heterocycles. The minimum atomic E-state index is -1.14. The first-order chi connectivity index (χ1) is 6.16. The maximum atomic E-state index is 10.9. The van der Waals surface area contributed by atoms with Gasteiger partial charge in [0.05, 0.1) is 6.61 Å². The standard InChI is InChI=1S/C7H6O6/c8-3-12-2-1-4-5(9)6(10)7(11)13-4/h3-4H,1-2H2. The van der Waals surface area contributed by atoms with Crippen LogP contribution in [0, 0.1) is 0 Å². The molecule has 1 rings (SSSR count). The van der Waals surface area contributed by atoms with Gasteiger partial charge in [0.15, 0.2) is 6.10 Å². The SMILES string of the molecule is O=COCCC1OC(=O)C(=O)C1=O. The van der Waals surface area contributed by atoms with Crippen LogP contribution in [0.15, 0.2) is 0 Å². The van der Waals surface area contributed by atoms with Crippen molar-refractivity contribution in [1.29, 1.82) is 0 Å². The maximum Gasteiger partial charge on any atom is 0.383 e. The van der Waals surface area contributed by atoms with Gasteiger partial charge in [0, 0.05) is 6.42 Å². The van der Waals surface area contributed by atoms with Crippen LogP contribution < -0.4 is 0 Å². The third-order valence-corrected chi connectivity index (χ3v) is 1.52. The second-order valence-corrected chi connectivity index (χ2v) is 2.34. The molecular formula is C7H6O6. The Morgan fingerprint density at radius 1 is 1.38 bits per heavy atom. The molecule has 0 spiro atoms. The molecule has 0 aromatic heterocycles. The predicted molar refractivity (Wildman–Crippen MR) is 36.5 cm³/mol. The Hall–Kier alpha value is -1.72. The van der Waals surface area contributed by atoms with Gasteiger partial charge in [0.25, 0.3) is 12.3 Å². The molecule has 0 aromatic carbocycles. The summed E-state index contributed by atoms with van der Waals surface area (Å²) in [6.45, 7) is 0.156. The van der Waals surface area contributed by atoms with E-state index in [1.807, 2.05) is 0 Å². The van der Waals surface area contributed by atoms with Crippen molar-refractivity contribution in [3.05, 3.63) is 0 Å². The van der Waals surface area contributed by atoms with Crippen LogP contribution in [0.4, 0.5) is 0 Å². The van der Waals surface area contributed by atoms with Crippen LogP contribution in [0.1, 0.15) is 6.42 Å². The molecule has 13 heavy (non-hydrogen) atoms. The highest BCUT2D eigenvalue weighted by molar-refractivity contribution is 6.65. The van der Waals surface area contributed by atoms with E-state index in [1.54, 1.807) is 0 Å². The van der Waals surface area contributed by atoms with E-state index in [0.717, 1.165) is 0 Å². The molecule has 1 aliphatic heterocycles. The van der Waals surface area contributed by atoms with Crippen molar-refractivity contribution in [2.24, 2.45) is 0 Å². The van der Waals surface area contributed by atoms with E-state index in [4.69, 9.17) is 0 Å². The predicted octanol–water partition coefficient (Wildman–Crippen LogP) is -1.39. The fourth-order valence-electron chi connectivity index (χ4n) is 0.896. The average Bonchev–Trinajstić information content (AvgIpc) is 2.34. The number of carbonyl (C=O) groups excluding carboxylic acids is 4. The zero-order valence-corrected chi connectivity index (χ0v) is 6.52. The third kappa shape index (κ3) is 1.90. The lowest BCUT2D eigenvalue weighted by molar-refractivity contribution is -0.149. The summed E-state index contributed by atoms with van der Waals surface area (Å²) in [6.07, 6.45) is -1.06. The van der Waals surface area contributed by atoms with Gasteiger partial charge in [-0.25, -0.2) is 4.79 Å². The van der Waals surface area contributed by atoms with Gasteiger partial charge < -0.3 is 9.47 Å². The minimum absolute atomic E-state index is 0.0229. The smallest absolute Gasteiger partial charge is 0.383 e. The highest BCUT2D eigenvalue weighted by Gasteiger charge is 2.41. The summed E-state index contributed by atoms with van der Waals surface area (Å²) >= 11 is 0. The molecule has 0 saturated carbocycles. The van der Waals surface area contributed by atoms with E-state index < -0.39 is 23.6 Å². The number of ketones is 2. The first kappa shape index (κ1) is 9.37. The highest BCUT2D eigenvalue weighted by Crippen LogP contribution is 2.10. The zero-order chi connectivity index (χ0) is 9.84. The normalized spacial score (nSPS) is 21.5. The Morgan fingerprint density at radius 2 is 2.08 bits per heavy atom. The number of ether oxygens (including phenoxy) is 2. The summed E-state index contributed by atoms with van der Waals surface area (Å²) in [5, 5.41) is 0. The monoisotopic (exact) mass is 186 g/mol. The Bertz CT molecular complexity index is 268. The molecule has 70 valence electrons. The Balaban J connectivity index is 2.44. The fraction of sp³-hybridized carbons (Fsp3) is 0.429. The van der Waals surface area contributed by atoms with E-state index >= 15 is 0 Å². The Morgan fingerprint density at radius 3 is 2.54 bits per heavy atom. The van der Waals surface area contributed by atoms with Gasteiger partial charge in [-0.15, -0.1) is 0 Å². The van der Waals surface area contributed by atoms with Crippen molar-refractivity contribution in [3.8, 4) is 0 Å². The van der Waals surface area contributed by atoms with Crippen molar-refractivity contribution < 1.29 is 28.7 Å². The van der Waals surface area contributed by atoms with Crippen LogP contribution in [0.5, 0.6) is 0 Å². The van der Waals surface area contributed by atoms with E-state index in [2.05, 4.69) is 9.47 Å². The molecule has 0 amide bonds. The van der Waals surface area contributed by atoms with Crippen LogP contribution in [0.2, 0.25) is 0 Å². The number of carbonyl (C=O) groups is 4. The molecule has 0 aliphatic carbocycles. The topological polar surface area (TPSA) is 86.7 Å². The third-order valence-electron chi connectivity index (χ3n) is 1.52. The average molecular weight is 186 g/mol. The van der Waals surface area contributed by atoms with Crippen LogP contribution in [-0.2, 0) is 28.7 Å². The van der Waals surface area contributed by atoms with Crippen molar-refractivity contribution in [3.63, 3.8) is 0 Å². The number of cyclic esters (lactones) is 1. The number of esters is 1. The van der Waals surface area contributed by atoms with Crippen LogP contribution in [-0.4, -0.2) is 36.7 Å². The lowest BCUT2D eigenvalue weighted by Crippen LogP contribution is -2.21. The largest absolute Gasteiger partial charge is 0.468 e. The lowest BCUT2D eigenvalue weighted by atomic mass is 10.1. The number of rotatable bonds is 4. The number of Topliss-reactive ketones (excluding diaryl/α,β-unsaturated/α-hetero) is 2. The van der Waals surface area contributed by atoms with E-state index in [9.17, 15) is 19.2 Å². The van der Waals surface area contributed by atoms with Crippen molar-refractivity contribution in [2.45, 2.75) is 12.5 Å². The second-order valence-electron chi connectivity index (χ2n) is 2.34. The van der Waals surface area contributed by atoms with Gasteiger partial charge in [0.1, 0.15) is 0 Å². The summed E-state index contributed by atoms with van der Waals surface area (Å²) in [7, 11) is 0. The van der Waals surface area contributed by atoms with Crippen LogP contribution in [0.25, 0.3) is 0 Å². The zero-order valence-electron chi connectivity index (χ0n) is 6.52. The van der Waals surface area contributed by atoms with Crippen molar-refractivity contribution >= 4 is 24.0 Å². The number of hydrogen-bond acceptors (Lipinski definition) is 6. The lowest BCUT2D eigenvalue weighted by Gasteiger charge is -2.04. The number of hydrogen-bond donors (Lipinski definition) is 0. The molecule has 0 N–H and O–H groups in total. The van der Waals surface area contributed by atoms with Gasteiger partial charge in [-0.2, -0.15) is 0 Å². The first-order valence-corrected chi connectivity index (χ1v) is 3.51. The van der Waals surface area contributed by atoms with Crippen LogP contribution in [0.3, 0.4) is 0 Å². The molecule has 6 heteroatoms. The molecule has 1 aliphatic rings. The van der Waals surface area contributed by atoms with E-state index in [1.165, 1.54) is 0 Å². The van der Waals surface area contributed by atoms with E-state index in [-0.39, 0.29) is 19.5 Å². The second kappa shape index (κ2) is 3.79. The van der Waals surface area contributed by atoms with E-state index in [0.29, 0.717) is 0 Å². The maximum absolute atomic E-state index is 10.9. The van der Waals surface area contributed by atoms with Gasteiger partial charge in [-0.1, -0.05) is 0 Å². The van der Waals surface area contributed by atoms with Gasteiger partial charge in [-0.3, -0.25) is 14.4 Å². The Labute approximate surface area is 72.8 Å². The summed E-state index contributed by atoms with van der Waals surface area (Å²) in [5.74, 6) is -3.16. The quantitative estimate of drug-likeness (QED) is 0.232. The Kier molecular flexibility index (Phi) is 2.73. The van der Waals surface area contributed by atoms with Crippen molar-refractivity contribution in [2.75, 3.05) is 6.61 Å². The summed E-state index contributed by atoms with van der Waals surface area (Å²) < 4.78 is 8.68. The summed E-state index contributed by atoms with van der Waals surface area (Å²) in [5.41, 5.74) is 0. The molecule has 0 aromatic rings. The molecule has 0 radical (unpaired) electrons.